The van der Waals surface area contributed by atoms with Crippen LogP contribution in [0.2, 0.25) is 0 Å². The lowest BCUT2D eigenvalue weighted by Crippen LogP contribution is -2.39. The molecule has 1 aromatic rings. The number of nitrogens with zero attached hydrogens (tertiary/aromatic N) is 2. The van der Waals surface area contributed by atoms with Gasteiger partial charge < -0.3 is 10.2 Å². The van der Waals surface area contributed by atoms with E-state index in [0.29, 0.717) is 6.54 Å². The monoisotopic (exact) mass is 408 g/mol. The molecule has 7 heteroatoms. The van der Waals surface area contributed by atoms with Crippen molar-refractivity contribution in [1.29, 1.82) is 0 Å². The standard InChI is InChI=1S/C21H36N4O2S/c1-6-7-8-9-10-15-25(5)21(22-4)23-16-19-11-13-20(14-12-19)17-28(26,27)24-18(2)3/h6,11-14,18,24H,1,7-10,15-17H2,2-5H3,(H,22,23). The van der Waals surface area contributed by atoms with Crippen molar-refractivity contribution in [2.75, 3.05) is 20.6 Å². The maximum atomic E-state index is 12.0. The van der Waals surface area contributed by atoms with Crippen LogP contribution < -0.4 is 10.0 Å². The van der Waals surface area contributed by atoms with Gasteiger partial charge in [-0.05, 0) is 44.2 Å². The van der Waals surface area contributed by atoms with Crippen molar-refractivity contribution in [3.8, 4) is 0 Å². The average molecular weight is 409 g/mol. The molecular formula is C21H36N4O2S. The third-order valence-electron chi connectivity index (χ3n) is 4.22. The van der Waals surface area contributed by atoms with Gasteiger partial charge >= 0.3 is 0 Å². The fraction of sp³-hybridized carbons (Fsp3) is 0.571. The predicted molar refractivity (Wildman–Crippen MR) is 119 cm³/mol. The number of benzene rings is 1. The van der Waals surface area contributed by atoms with E-state index in [1.807, 2.05) is 51.2 Å². The van der Waals surface area contributed by atoms with Crippen molar-refractivity contribution < 1.29 is 8.42 Å². The Morgan fingerprint density at radius 2 is 1.82 bits per heavy atom. The fourth-order valence-electron chi connectivity index (χ4n) is 2.86. The van der Waals surface area contributed by atoms with Crippen LogP contribution in [-0.2, 0) is 22.3 Å². The van der Waals surface area contributed by atoms with Gasteiger partial charge in [-0.15, -0.1) is 6.58 Å². The highest BCUT2D eigenvalue weighted by Crippen LogP contribution is 2.09. The van der Waals surface area contributed by atoms with Crippen LogP contribution in [0, 0.1) is 0 Å². The number of nitrogens with one attached hydrogen (secondary N) is 2. The van der Waals surface area contributed by atoms with Crippen molar-refractivity contribution in [2.24, 2.45) is 4.99 Å². The Hall–Kier alpha value is -1.86. The van der Waals surface area contributed by atoms with E-state index >= 15 is 0 Å². The second-order valence-electron chi connectivity index (χ2n) is 7.31. The quantitative estimate of drug-likeness (QED) is 0.241. The van der Waals surface area contributed by atoms with Crippen LogP contribution in [0.5, 0.6) is 0 Å². The molecule has 0 saturated heterocycles. The van der Waals surface area contributed by atoms with E-state index in [1.54, 1.807) is 7.05 Å². The summed E-state index contributed by atoms with van der Waals surface area (Å²) >= 11 is 0. The van der Waals surface area contributed by atoms with Crippen molar-refractivity contribution in [1.82, 2.24) is 14.9 Å². The smallest absolute Gasteiger partial charge is 0.216 e. The van der Waals surface area contributed by atoms with E-state index in [2.05, 4.69) is 26.5 Å². The third kappa shape index (κ3) is 9.90. The highest BCUT2D eigenvalue weighted by Gasteiger charge is 2.13. The summed E-state index contributed by atoms with van der Waals surface area (Å²) in [7, 11) is 0.525. The van der Waals surface area contributed by atoms with Crippen molar-refractivity contribution in [2.45, 2.75) is 57.9 Å². The second kappa shape index (κ2) is 12.6. The van der Waals surface area contributed by atoms with Gasteiger partial charge in [0.25, 0.3) is 0 Å². The first-order valence-electron chi connectivity index (χ1n) is 9.88. The lowest BCUT2D eigenvalue weighted by atomic mass is 10.1. The summed E-state index contributed by atoms with van der Waals surface area (Å²) in [5, 5.41) is 3.36. The summed E-state index contributed by atoms with van der Waals surface area (Å²) in [5.41, 5.74) is 1.86. The van der Waals surface area contributed by atoms with Crippen molar-refractivity contribution >= 4 is 16.0 Å². The van der Waals surface area contributed by atoms with Gasteiger partial charge in [0, 0.05) is 33.2 Å². The molecule has 1 rings (SSSR count). The summed E-state index contributed by atoms with van der Waals surface area (Å²) in [6.45, 7) is 8.98. The second-order valence-corrected chi connectivity index (χ2v) is 9.06. The van der Waals surface area contributed by atoms with Crippen LogP contribution in [0.3, 0.4) is 0 Å². The molecule has 0 fully saturated rings. The van der Waals surface area contributed by atoms with Crippen LogP contribution in [-0.4, -0.2) is 46.0 Å². The topological polar surface area (TPSA) is 73.8 Å². The van der Waals surface area contributed by atoms with Crippen LogP contribution >= 0.6 is 0 Å². The first kappa shape index (κ1) is 24.2. The Bertz CT molecular complexity index is 712. The number of allylic oxidation sites excluding steroid dienone is 1. The highest BCUT2D eigenvalue weighted by molar-refractivity contribution is 7.88. The van der Waals surface area contributed by atoms with Crippen LogP contribution in [0.25, 0.3) is 0 Å². The van der Waals surface area contributed by atoms with Crippen molar-refractivity contribution in [3.05, 3.63) is 48.0 Å². The van der Waals surface area contributed by atoms with Gasteiger partial charge in [0.15, 0.2) is 5.96 Å². The maximum absolute atomic E-state index is 12.0. The number of guanidine groups is 1. The third-order valence-corrected chi connectivity index (χ3v) is 5.76. The number of hydrogen-bond donors (Lipinski definition) is 2. The lowest BCUT2D eigenvalue weighted by molar-refractivity contribution is 0.455. The lowest BCUT2D eigenvalue weighted by Gasteiger charge is -2.22. The van der Waals surface area contributed by atoms with Gasteiger partial charge in [-0.25, -0.2) is 13.1 Å². The minimum Gasteiger partial charge on any atom is -0.352 e. The summed E-state index contributed by atoms with van der Waals surface area (Å²) in [4.78, 5) is 6.47. The zero-order valence-corrected chi connectivity index (χ0v) is 18.6. The Balaban J connectivity index is 2.49. The van der Waals surface area contributed by atoms with Crippen LogP contribution in [0.4, 0.5) is 0 Å². The molecule has 0 saturated carbocycles. The Morgan fingerprint density at radius 1 is 1.18 bits per heavy atom. The zero-order chi connectivity index (χ0) is 21.0. The van der Waals surface area contributed by atoms with Crippen LogP contribution in [0.15, 0.2) is 41.9 Å². The fourth-order valence-corrected chi connectivity index (χ4v) is 4.29. The molecule has 0 aliphatic heterocycles. The van der Waals surface area contributed by atoms with Gasteiger partial charge in [0.1, 0.15) is 0 Å². The van der Waals surface area contributed by atoms with Gasteiger partial charge in [-0.2, -0.15) is 0 Å². The van der Waals surface area contributed by atoms with Crippen molar-refractivity contribution in [3.63, 3.8) is 0 Å². The first-order chi connectivity index (χ1) is 13.3. The Labute approximate surface area is 171 Å². The number of aliphatic imine (C=N–C) groups is 1. The molecule has 0 atom stereocenters. The summed E-state index contributed by atoms with van der Waals surface area (Å²) in [5.74, 6) is 0.853. The molecule has 0 spiro atoms. The van der Waals surface area contributed by atoms with E-state index in [1.165, 1.54) is 12.8 Å². The summed E-state index contributed by atoms with van der Waals surface area (Å²) < 4.78 is 26.6. The van der Waals surface area contributed by atoms with E-state index < -0.39 is 10.0 Å². The van der Waals surface area contributed by atoms with E-state index in [0.717, 1.165) is 36.5 Å². The number of hydrogen-bond acceptors (Lipinski definition) is 3. The maximum Gasteiger partial charge on any atom is 0.216 e. The molecular weight excluding hydrogens is 372 g/mol. The molecule has 6 nitrogen and oxygen atoms in total. The molecule has 0 aromatic heterocycles. The molecule has 0 bridgehead atoms. The van der Waals surface area contributed by atoms with Gasteiger partial charge in [0.05, 0.1) is 5.75 Å². The molecule has 0 unspecified atom stereocenters. The average Bonchev–Trinajstić information content (AvgIpc) is 2.62. The summed E-state index contributed by atoms with van der Waals surface area (Å²) in [6, 6.07) is 7.54. The number of unbranched alkanes of at least 4 members (excludes halogenated alkanes) is 3. The molecule has 0 amide bonds. The zero-order valence-electron chi connectivity index (χ0n) is 17.7. The molecule has 0 heterocycles. The number of rotatable bonds is 12. The largest absolute Gasteiger partial charge is 0.352 e. The highest BCUT2D eigenvalue weighted by atomic mass is 32.2. The molecule has 0 radical (unpaired) electrons. The van der Waals surface area contributed by atoms with Gasteiger partial charge in [-0.1, -0.05) is 36.8 Å². The predicted octanol–water partition coefficient (Wildman–Crippen LogP) is 3.27. The minimum absolute atomic E-state index is 0.00481. The normalized spacial score (nSPS) is 12.2. The molecule has 2 N–H and O–H groups in total. The number of sulfonamides is 1. The van der Waals surface area contributed by atoms with E-state index in [9.17, 15) is 8.42 Å². The SMILES string of the molecule is C=CCCCCCN(C)C(=NC)NCc1ccc(CS(=O)(=O)NC(C)C)cc1. The molecule has 0 aliphatic rings. The minimum atomic E-state index is -3.30. The first-order valence-corrected chi connectivity index (χ1v) is 11.5. The molecule has 158 valence electrons. The van der Waals surface area contributed by atoms with Crippen LogP contribution in [0.1, 0.15) is 50.7 Å². The Morgan fingerprint density at radius 3 is 2.39 bits per heavy atom. The molecule has 1 aromatic carbocycles. The molecule has 28 heavy (non-hydrogen) atoms. The summed E-state index contributed by atoms with van der Waals surface area (Å²) in [6.07, 6.45) is 6.52. The molecule has 0 aliphatic carbocycles. The van der Waals surface area contributed by atoms with E-state index in [4.69, 9.17) is 0 Å². The Kier molecular flexibility index (Phi) is 10.9. The van der Waals surface area contributed by atoms with Gasteiger partial charge in [-0.3, -0.25) is 4.99 Å². The van der Waals surface area contributed by atoms with Gasteiger partial charge in [0.2, 0.25) is 10.0 Å². The van der Waals surface area contributed by atoms with E-state index in [-0.39, 0.29) is 11.8 Å².